The summed E-state index contributed by atoms with van der Waals surface area (Å²) in [5, 5.41) is 8.51. The Bertz CT molecular complexity index is 652. The van der Waals surface area contributed by atoms with Crippen molar-refractivity contribution in [1.29, 1.82) is 0 Å². The number of fused-ring (bicyclic) bond motifs is 1. The molecule has 0 bridgehead atoms. The number of rotatable bonds is 2. The molecule has 8 heteroatoms. The van der Waals surface area contributed by atoms with Crippen LogP contribution in [0, 0.1) is 0 Å². The zero-order valence-corrected chi connectivity index (χ0v) is 15.6. The molecule has 1 saturated heterocycles. The number of aryl methyl sites for hydroxylation is 1. The highest BCUT2D eigenvalue weighted by Gasteiger charge is 2.39. The van der Waals surface area contributed by atoms with Gasteiger partial charge in [-0.05, 0) is 45.2 Å². The molecule has 6 nitrogen and oxygen atoms in total. The van der Waals surface area contributed by atoms with Gasteiger partial charge in [0, 0.05) is 19.5 Å². The van der Waals surface area contributed by atoms with Crippen molar-refractivity contribution in [2.45, 2.75) is 57.8 Å². The van der Waals surface area contributed by atoms with Gasteiger partial charge in [-0.2, -0.15) is 0 Å². The van der Waals surface area contributed by atoms with Gasteiger partial charge >= 0.3 is 6.09 Å². The molecule has 1 aromatic rings. The molecule has 0 radical (unpaired) electrons. The highest BCUT2D eigenvalue weighted by molar-refractivity contribution is 6.29. The van der Waals surface area contributed by atoms with Crippen molar-refractivity contribution in [2.75, 3.05) is 24.5 Å². The lowest BCUT2D eigenvalue weighted by atomic mass is 10.1. The van der Waals surface area contributed by atoms with Gasteiger partial charge in [0.15, 0.2) is 11.0 Å². The zero-order valence-electron chi connectivity index (χ0n) is 14.8. The van der Waals surface area contributed by atoms with Crippen molar-refractivity contribution in [1.82, 2.24) is 15.1 Å². The molecule has 1 aromatic heterocycles. The van der Waals surface area contributed by atoms with Gasteiger partial charge in [-0.1, -0.05) is 11.6 Å². The van der Waals surface area contributed by atoms with Gasteiger partial charge in [0.1, 0.15) is 11.8 Å². The molecule has 0 unspecified atom stereocenters. The third kappa shape index (κ3) is 4.32. The van der Waals surface area contributed by atoms with Crippen LogP contribution in [-0.4, -0.2) is 58.6 Å². The first-order chi connectivity index (χ1) is 11.7. The van der Waals surface area contributed by atoms with E-state index in [0.717, 1.165) is 30.8 Å². The summed E-state index contributed by atoms with van der Waals surface area (Å²) in [7, 11) is 0. The number of amides is 1. The maximum atomic E-state index is 14.0. The van der Waals surface area contributed by atoms with Gasteiger partial charge in [-0.3, -0.25) is 0 Å². The number of carbonyl (C=O) groups is 1. The summed E-state index contributed by atoms with van der Waals surface area (Å²) in [5.74, 6) is 0.780. The second-order valence-corrected chi connectivity index (χ2v) is 8.07. The number of hydrogen-bond donors (Lipinski definition) is 0. The standard InChI is InChI=1S/C17H24ClFN4O2/c1-17(2,3)25-16(24)23-9-12(19)8-13(23)10-22-6-4-5-11-7-14(18)20-21-15(11)22/h7,12-13H,4-6,8-10H2,1-3H3/t12-,13-/m0/s1. The van der Waals surface area contributed by atoms with Crippen LogP contribution in [0.5, 0.6) is 0 Å². The molecule has 0 spiro atoms. The highest BCUT2D eigenvalue weighted by Crippen LogP contribution is 2.29. The predicted octanol–water partition coefficient (Wildman–Crippen LogP) is 3.23. The normalized spacial score (nSPS) is 23.6. The van der Waals surface area contributed by atoms with Crippen LogP contribution in [0.1, 0.15) is 39.2 Å². The summed E-state index contributed by atoms with van der Waals surface area (Å²) >= 11 is 5.93. The fraction of sp³-hybridized carbons (Fsp3) is 0.706. The lowest BCUT2D eigenvalue weighted by Crippen LogP contribution is -2.46. The van der Waals surface area contributed by atoms with Crippen molar-refractivity contribution in [3.63, 3.8) is 0 Å². The van der Waals surface area contributed by atoms with E-state index in [0.29, 0.717) is 18.1 Å². The summed E-state index contributed by atoms with van der Waals surface area (Å²) in [4.78, 5) is 16.0. The number of hydrogen-bond acceptors (Lipinski definition) is 5. The number of aromatic nitrogens is 2. The first kappa shape index (κ1) is 18.2. The summed E-state index contributed by atoms with van der Waals surface area (Å²) in [6.45, 7) is 6.82. The number of alkyl halides is 1. The third-order valence-electron chi connectivity index (χ3n) is 4.42. The first-order valence-corrected chi connectivity index (χ1v) is 9.01. The number of nitrogens with zero attached hydrogens (tertiary/aromatic N) is 4. The minimum absolute atomic E-state index is 0.0760. The van der Waals surface area contributed by atoms with Crippen molar-refractivity contribution in [3.05, 3.63) is 16.8 Å². The van der Waals surface area contributed by atoms with Crippen LogP contribution in [0.3, 0.4) is 0 Å². The Hall–Kier alpha value is -1.63. The van der Waals surface area contributed by atoms with Gasteiger partial charge in [0.05, 0.1) is 12.6 Å². The van der Waals surface area contributed by atoms with E-state index in [-0.39, 0.29) is 12.6 Å². The SMILES string of the molecule is CC(C)(C)OC(=O)N1C[C@@H](F)C[C@H]1CN1CCCc2cc(Cl)nnc21. The zero-order chi connectivity index (χ0) is 18.2. The van der Waals surface area contributed by atoms with Gasteiger partial charge < -0.3 is 14.5 Å². The summed E-state index contributed by atoms with van der Waals surface area (Å²) in [5.41, 5.74) is 0.445. The molecule has 0 N–H and O–H groups in total. The first-order valence-electron chi connectivity index (χ1n) is 8.63. The van der Waals surface area contributed by atoms with E-state index >= 15 is 0 Å². The summed E-state index contributed by atoms with van der Waals surface area (Å²) < 4.78 is 19.4. The number of ether oxygens (including phenoxy) is 1. The Balaban J connectivity index is 1.74. The second kappa shape index (κ2) is 6.94. The minimum Gasteiger partial charge on any atom is -0.444 e. The van der Waals surface area contributed by atoms with Crippen LogP contribution in [0.15, 0.2) is 6.07 Å². The molecule has 25 heavy (non-hydrogen) atoms. The molecular weight excluding hydrogens is 347 g/mol. The van der Waals surface area contributed by atoms with E-state index in [1.54, 1.807) is 0 Å². The van der Waals surface area contributed by atoms with Crippen molar-refractivity contribution < 1.29 is 13.9 Å². The van der Waals surface area contributed by atoms with Crippen LogP contribution in [0.2, 0.25) is 5.15 Å². The van der Waals surface area contributed by atoms with E-state index in [2.05, 4.69) is 15.1 Å². The third-order valence-corrected chi connectivity index (χ3v) is 4.60. The number of halogens is 2. The Morgan fingerprint density at radius 2 is 2.20 bits per heavy atom. The molecule has 2 atom stereocenters. The van der Waals surface area contributed by atoms with Crippen LogP contribution in [0.4, 0.5) is 15.0 Å². The van der Waals surface area contributed by atoms with E-state index in [1.807, 2.05) is 26.8 Å². The average molecular weight is 371 g/mol. The van der Waals surface area contributed by atoms with E-state index in [9.17, 15) is 9.18 Å². The quantitative estimate of drug-likeness (QED) is 0.799. The average Bonchev–Trinajstić information content (AvgIpc) is 2.86. The second-order valence-electron chi connectivity index (χ2n) is 7.68. The lowest BCUT2D eigenvalue weighted by Gasteiger charge is -2.34. The fourth-order valence-corrected chi connectivity index (χ4v) is 3.59. The van der Waals surface area contributed by atoms with Crippen LogP contribution >= 0.6 is 11.6 Å². The van der Waals surface area contributed by atoms with Crippen molar-refractivity contribution >= 4 is 23.5 Å². The molecule has 0 aliphatic carbocycles. The molecule has 3 rings (SSSR count). The molecule has 1 amide bonds. The van der Waals surface area contributed by atoms with Crippen LogP contribution in [0.25, 0.3) is 0 Å². The molecule has 3 heterocycles. The van der Waals surface area contributed by atoms with Crippen molar-refractivity contribution in [2.24, 2.45) is 0 Å². The number of carbonyl (C=O) groups excluding carboxylic acids is 1. The molecule has 2 aliphatic heterocycles. The maximum absolute atomic E-state index is 14.0. The smallest absolute Gasteiger partial charge is 0.410 e. The van der Waals surface area contributed by atoms with Gasteiger partial charge in [-0.25, -0.2) is 9.18 Å². The topological polar surface area (TPSA) is 58.6 Å². The fourth-order valence-electron chi connectivity index (χ4n) is 3.42. The van der Waals surface area contributed by atoms with Gasteiger partial charge in [-0.15, -0.1) is 10.2 Å². The van der Waals surface area contributed by atoms with Gasteiger partial charge in [0.25, 0.3) is 0 Å². The van der Waals surface area contributed by atoms with Crippen molar-refractivity contribution in [3.8, 4) is 0 Å². The molecular formula is C17H24ClFN4O2. The minimum atomic E-state index is -1.03. The molecule has 2 aliphatic rings. The van der Waals surface area contributed by atoms with E-state index in [1.165, 1.54) is 4.90 Å². The Morgan fingerprint density at radius 1 is 1.44 bits per heavy atom. The van der Waals surface area contributed by atoms with Gasteiger partial charge in [0.2, 0.25) is 0 Å². The highest BCUT2D eigenvalue weighted by atomic mass is 35.5. The largest absolute Gasteiger partial charge is 0.444 e. The Labute approximate surface area is 152 Å². The summed E-state index contributed by atoms with van der Waals surface area (Å²) in [6, 6.07) is 1.59. The molecule has 0 aromatic carbocycles. The monoisotopic (exact) mass is 370 g/mol. The molecule has 138 valence electrons. The predicted molar refractivity (Wildman–Crippen MR) is 93.8 cm³/mol. The molecule has 1 fully saturated rings. The lowest BCUT2D eigenvalue weighted by molar-refractivity contribution is 0.0222. The molecule has 0 saturated carbocycles. The maximum Gasteiger partial charge on any atom is 0.410 e. The Morgan fingerprint density at radius 3 is 2.92 bits per heavy atom. The van der Waals surface area contributed by atoms with Crippen LogP contribution in [-0.2, 0) is 11.2 Å². The van der Waals surface area contributed by atoms with E-state index in [4.69, 9.17) is 16.3 Å². The Kier molecular flexibility index (Phi) is 5.04. The van der Waals surface area contributed by atoms with E-state index < -0.39 is 17.9 Å². The number of likely N-dealkylation sites (tertiary alicyclic amines) is 1. The number of anilines is 1. The van der Waals surface area contributed by atoms with Crippen LogP contribution < -0.4 is 4.90 Å². The summed E-state index contributed by atoms with van der Waals surface area (Å²) in [6.07, 6.45) is 0.683.